The third-order valence-corrected chi connectivity index (χ3v) is 2.22. The Kier molecular flexibility index (Phi) is 6.78. The van der Waals surface area contributed by atoms with Crippen molar-refractivity contribution in [1.82, 2.24) is 0 Å². The molecule has 1 aromatic rings. The van der Waals surface area contributed by atoms with E-state index in [2.05, 4.69) is 4.74 Å². The number of hydrogen-bond donors (Lipinski definition) is 1. The molecule has 0 aliphatic heterocycles. The summed E-state index contributed by atoms with van der Waals surface area (Å²) in [6, 6.07) is -0.558. The van der Waals surface area contributed by atoms with Crippen LogP contribution in [0.15, 0.2) is 12.1 Å². The molecule has 19 heavy (non-hydrogen) atoms. The zero-order valence-corrected chi connectivity index (χ0v) is 10.6. The lowest BCUT2D eigenvalue weighted by molar-refractivity contribution is -0.149. The highest BCUT2D eigenvalue weighted by molar-refractivity contribution is 5.85. The van der Waals surface area contributed by atoms with Gasteiger partial charge in [-0.25, -0.2) is 22.4 Å². The summed E-state index contributed by atoms with van der Waals surface area (Å²) in [5, 5.41) is 0. The van der Waals surface area contributed by atoms with Gasteiger partial charge in [-0.2, -0.15) is 0 Å². The molecule has 0 spiro atoms. The highest BCUT2D eigenvalue weighted by Crippen LogP contribution is 2.22. The fraction of sp³-hybridized carbons (Fsp3) is 0.364. The molecule has 1 rings (SSSR count). The predicted octanol–water partition coefficient (Wildman–Crippen LogP) is 2.43. The molecule has 2 atom stereocenters. The van der Waals surface area contributed by atoms with E-state index in [1.54, 1.807) is 0 Å². The van der Waals surface area contributed by atoms with Crippen LogP contribution in [0.2, 0.25) is 0 Å². The van der Waals surface area contributed by atoms with Gasteiger partial charge in [0, 0.05) is 0 Å². The summed E-state index contributed by atoms with van der Waals surface area (Å²) in [5.74, 6) is -5.93. The molecule has 1 unspecified atom stereocenters. The average molecular weight is 302 g/mol. The second-order valence-electron chi connectivity index (χ2n) is 3.48. The number of rotatable bonds is 4. The fourth-order valence-electron chi connectivity index (χ4n) is 1.31. The van der Waals surface area contributed by atoms with Crippen molar-refractivity contribution in [3.8, 4) is 0 Å². The first kappa shape index (κ1) is 17.7. The van der Waals surface area contributed by atoms with Crippen molar-refractivity contribution in [3.63, 3.8) is 0 Å². The second kappa shape index (κ2) is 7.30. The number of alkyl halides is 1. The molecule has 0 fully saturated rings. The van der Waals surface area contributed by atoms with Crippen LogP contribution in [-0.4, -0.2) is 18.7 Å². The standard InChI is InChI=1S/C11H11F4NO2.ClH/c1-2-18-11(17)9(15)10(16)5-3-6(12)8(14)7(13)4-5;/h3-4,9-10H,2,16H2,1H3;1H/t9?,10-;/m0./s1. The molecule has 8 heteroatoms. The number of hydrogen-bond acceptors (Lipinski definition) is 3. The smallest absolute Gasteiger partial charge is 0.342 e. The maximum Gasteiger partial charge on any atom is 0.342 e. The SMILES string of the molecule is CCOC(=O)C(F)[C@@H](N)c1cc(F)c(F)c(F)c1.Cl. The van der Waals surface area contributed by atoms with E-state index >= 15 is 0 Å². The largest absolute Gasteiger partial charge is 0.464 e. The number of nitrogens with two attached hydrogens (primary N) is 1. The normalized spacial score (nSPS) is 13.4. The zero-order chi connectivity index (χ0) is 13.9. The first-order valence-corrected chi connectivity index (χ1v) is 5.09. The minimum Gasteiger partial charge on any atom is -0.464 e. The summed E-state index contributed by atoms with van der Waals surface area (Å²) >= 11 is 0. The number of carbonyl (C=O) groups excluding carboxylic acids is 1. The molecule has 0 aliphatic carbocycles. The van der Waals surface area contributed by atoms with Crippen molar-refractivity contribution >= 4 is 18.4 Å². The van der Waals surface area contributed by atoms with Crippen molar-refractivity contribution in [2.75, 3.05) is 6.61 Å². The van der Waals surface area contributed by atoms with Crippen LogP contribution >= 0.6 is 12.4 Å². The highest BCUT2D eigenvalue weighted by atomic mass is 35.5. The monoisotopic (exact) mass is 301 g/mol. The molecular formula is C11H12ClF4NO2. The maximum atomic E-state index is 13.5. The molecule has 2 N–H and O–H groups in total. The summed E-state index contributed by atoms with van der Waals surface area (Å²) in [7, 11) is 0. The van der Waals surface area contributed by atoms with E-state index in [1.165, 1.54) is 6.92 Å². The Morgan fingerprint density at radius 1 is 1.32 bits per heavy atom. The molecule has 0 saturated heterocycles. The second-order valence-corrected chi connectivity index (χ2v) is 3.48. The van der Waals surface area contributed by atoms with Gasteiger partial charge in [-0.3, -0.25) is 0 Å². The topological polar surface area (TPSA) is 52.3 Å². The molecule has 0 amide bonds. The first-order chi connectivity index (χ1) is 8.38. The van der Waals surface area contributed by atoms with Gasteiger partial charge in [0.15, 0.2) is 17.5 Å². The van der Waals surface area contributed by atoms with Gasteiger partial charge in [0.1, 0.15) is 0 Å². The first-order valence-electron chi connectivity index (χ1n) is 5.09. The van der Waals surface area contributed by atoms with Crippen LogP contribution < -0.4 is 5.73 Å². The number of benzene rings is 1. The summed E-state index contributed by atoms with van der Waals surface area (Å²) < 4.78 is 56.3. The summed E-state index contributed by atoms with van der Waals surface area (Å²) in [6.07, 6.45) is -2.28. The van der Waals surface area contributed by atoms with Gasteiger partial charge in [0.05, 0.1) is 12.6 Å². The molecule has 1 aromatic carbocycles. The molecule has 0 aromatic heterocycles. The van der Waals surface area contributed by atoms with Crippen LogP contribution in [-0.2, 0) is 9.53 Å². The molecule has 0 aliphatic rings. The number of halogens is 5. The summed E-state index contributed by atoms with van der Waals surface area (Å²) in [5.41, 5.74) is 4.96. The molecular weight excluding hydrogens is 290 g/mol. The fourth-order valence-corrected chi connectivity index (χ4v) is 1.31. The van der Waals surface area contributed by atoms with Gasteiger partial charge in [0.25, 0.3) is 0 Å². The van der Waals surface area contributed by atoms with Gasteiger partial charge in [-0.15, -0.1) is 12.4 Å². The number of esters is 1. The molecule has 0 saturated carbocycles. The lowest BCUT2D eigenvalue weighted by Gasteiger charge is -2.16. The average Bonchev–Trinajstić information content (AvgIpc) is 2.33. The molecule has 3 nitrogen and oxygen atoms in total. The van der Waals surface area contributed by atoms with Crippen LogP contribution in [0.5, 0.6) is 0 Å². The van der Waals surface area contributed by atoms with Gasteiger partial charge >= 0.3 is 5.97 Å². The Hall–Kier alpha value is -1.34. The minimum atomic E-state index is -2.28. The Balaban J connectivity index is 0.00000324. The lowest BCUT2D eigenvalue weighted by Crippen LogP contribution is -2.31. The molecule has 108 valence electrons. The van der Waals surface area contributed by atoms with Crippen LogP contribution in [0.25, 0.3) is 0 Å². The lowest BCUT2D eigenvalue weighted by atomic mass is 10.0. The van der Waals surface area contributed by atoms with E-state index in [0.717, 1.165) is 0 Å². The van der Waals surface area contributed by atoms with E-state index in [-0.39, 0.29) is 24.6 Å². The van der Waals surface area contributed by atoms with Crippen molar-refractivity contribution < 1.29 is 27.1 Å². The van der Waals surface area contributed by atoms with Crippen LogP contribution in [0.3, 0.4) is 0 Å². The van der Waals surface area contributed by atoms with Gasteiger partial charge in [0.2, 0.25) is 6.17 Å². The molecule has 0 radical (unpaired) electrons. The Bertz CT molecular complexity index is 435. The Morgan fingerprint density at radius 2 is 1.79 bits per heavy atom. The van der Waals surface area contributed by atoms with Crippen LogP contribution in [0, 0.1) is 17.5 Å². The molecule has 0 heterocycles. The predicted molar refractivity (Wildman–Crippen MR) is 62.0 cm³/mol. The van der Waals surface area contributed by atoms with E-state index in [4.69, 9.17) is 5.73 Å². The van der Waals surface area contributed by atoms with E-state index in [9.17, 15) is 22.4 Å². The third kappa shape index (κ3) is 4.07. The van der Waals surface area contributed by atoms with Crippen LogP contribution in [0.1, 0.15) is 18.5 Å². The quantitative estimate of drug-likeness (QED) is 0.528. The van der Waals surface area contributed by atoms with Gasteiger partial charge in [-0.05, 0) is 24.6 Å². The van der Waals surface area contributed by atoms with E-state index in [1.807, 2.05) is 0 Å². The van der Waals surface area contributed by atoms with E-state index in [0.29, 0.717) is 12.1 Å². The summed E-state index contributed by atoms with van der Waals surface area (Å²) in [4.78, 5) is 11.1. The Morgan fingerprint density at radius 3 is 2.21 bits per heavy atom. The summed E-state index contributed by atoms with van der Waals surface area (Å²) in [6.45, 7) is 1.41. The number of carbonyl (C=O) groups is 1. The van der Waals surface area contributed by atoms with Gasteiger partial charge < -0.3 is 10.5 Å². The van der Waals surface area contributed by atoms with Crippen molar-refractivity contribution in [2.24, 2.45) is 5.73 Å². The van der Waals surface area contributed by atoms with Gasteiger partial charge in [-0.1, -0.05) is 0 Å². The van der Waals surface area contributed by atoms with Crippen molar-refractivity contribution in [1.29, 1.82) is 0 Å². The van der Waals surface area contributed by atoms with Crippen LogP contribution in [0.4, 0.5) is 17.6 Å². The maximum absolute atomic E-state index is 13.5. The highest BCUT2D eigenvalue weighted by Gasteiger charge is 2.29. The Labute approximate surface area is 113 Å². The third-order valence-electron chi connectivity index (χ3n) is 2.22. The zero-order valence-electron chi connectivity index (χ0n) is 9.83. The van der Waals surface area contributed by atoms with Crippen molar-refractivity contribution in [3.05, 3.63) is 35.1 Å². The molecule has 0 bridgehead atoms. The van der Waals surface area contributed by atoms with Crippen molar-refractivity contribution in [2.45, 2.75) is 19.1 Å². The number of ether oxygens (including phenoxy) is 1. The minimum absolute atomic E-state index is 0. The van der Waals surface area contributed by atoms with E-state index < -0.39 is 35.6 Å².